The van der Waals surface area contributed by atoms with Crippen LogP contribution in [0.2, 0.25) is 0 Å². The van der Waals surface area contributed by atoms with Crippen molar-refractivity contribution < 1.29 is 42.1 Å². The van der Waals surface area contributed by atoms with Gasteiger partial charge in [0.15, 0.2) is 11.6 Å². The highest BCUT2D eigenvalue weighted by molar-refractivity contribution is 7.23. The number of hydrogen-bond donors (Lipinski definition) is 1. The van der Waals surface area contributed by atoms with E-state index in [1.807, 2.05) is 27.8 Å². The number of carbonyl (C=O) groups is 2. The maximum Gasteiger partial charge on any atom is 0.412 e. The van der Waals surface area contributed by atoms with E-state index in [1.165, 1.54) is 0 Å². The van der Waals surface area contributed by atoms with Crippen LogP contribution in [0.25, 0.3) is 32.2 Å². The Morgan fingerprint density at radius 3 is 2.36 bits per heavy atom. The third-order valence-electron chi connectivity index (χ3n) is 11.2. The summed E-state index contributed by atoms with van der Waals surface area (Å²) in [7, 11) is 3.67. The molecule has 3 fully saturated rings. The van der Waals surface area contributed by atoms with E-state index in [-0.39, 0.29) is 87.5 Å². The number of piperazine rings is 1. The lowest BCUT2D eigenvalue weighted by Crippen LogP contribution is -2.56. The molecule has 0 saturated carbocycles. The van der Waals surface area contributed by atoms with E-state index >= 15 is 8.78 Å². The van der Waals surface area contributed by atoms with Crippen molar-refractivity contribution in [3.63, 3.8) is 0 Å². The fourth-order valence-corrected chi connectivity index (χ4v) is 9.67. The molecule has 1 aromatic carbocycles. The molecule has 18 heteroatoms. The van der Waals surface area contributed by atoms with Crippen molar-refractivity contribution in [1.82, 2.24) is 24.8 Å². The van der Waals surface area contributed by atoms with Gasteiger partial charge >= 0.3 is 18.2 Å². The lowest BCUT2D eigenvalue weighted by molar-refractivity contribution is 0.0209. The topological polar surface area (TPSA) is 165 Å². The Morgan fingerprint density at radius 2 is 1.71 bits per heavy atom. The molecule has 4 atom stereocenters. The zero-order chi connectivity index (χ0) is 42.1. The quantitative estimate of drug-likeness (QED) is 0.200. The minimum Gasteiger partial charge on any atom is -0.462 e. The molecule has 3 saturated heterocycles. The molecule has 8 rings (SSSR count). The van der Waals surface area contributed by atoms with Gasteiger partial charge in [0, 0.05) is 55.8 Å². The van der Waals surface area contributed by atoms with Crippen molar-refractivity contribution in [1.29, 1.82) is 5.26 Å². The molecule has 314 valence electrons. The van der Waals surface area contributed by atoms with E-state index in [2.05, 4.69) is 26.2 Å². The van der Waals surface area contributed by atoms with Crippen LogP contribution in [0, 0.1) is 23.0 Å². The number of anilines is 2. The van der Waals surface area contributed by atoms with Gasteiger partial charge < -0.3 is 33.5 Å². The van der Waals surface area contributed by atoms with Gasteiger partial charge in [-0.3, -0.25) is 15.2 Å². The number of benzene rings is 1. The lowest BCUT2D eigenvalue weighted by Gasteiger charge is -2.42. The number of ether oxygens (including phenoxy) is 5. The maximum absolute atomic E-state index is 17.8. The first kappa shape index (κ1) is 40.8. The number of likely N-dealkylation sites (tertiary alicyclic amines) is 2. The molecule has 4 aliphatic heterocycles. The van der Waals surface area contributed by atoms with Crippen LogP contribution in [-0.4, -0.2) is 113 Å². The van der Waals surface area contributed by atoms with Crippen LogP contribution >= 0.6 is 11.3 Å². The molecular formula is C41H48F2N8O7S. The van der Waals surface area contributed by atoms with Crippen LogP contribution in [0.4, 0.5) is 29.2 Å². The van der Waals surface area contributed by atoms with Gasteiger partial charge in [0.1, 0.15) is 40.2 Å². The molecule has 2 amide bonds. The summed E-state index contributed by atoms with van der Waals surface area (Å²) >= 11 is 0.832. The first-order chi connectivity index (χ1) is 27.9. The van der Waals surface area contributed by atoms with Crippen LogP contribution in [0.3, 0.4) is 0 Å². The number of methoxy groups -OCH3 is 1. The highest BCUT2D eigenvalue weighted by atomic mass is 32.1. The highest BCUT2D eigenvalue weighted by Gasteiger charge is 2.45. The van der Waals surface area contributed by atoms with Crippen LogP contribution in [0.1, 0.15) is 77.5 Å². The fourth-order valence-electron chi connectivity index (χ4n) is 8.63. The van der Waals surface area contributed by atoms with E-state index in [9.17, 15) is 14.9 Å². The second-order valence-corrected chi connectivity index (χ2v) is 18.6. The molecule has 59 heavy (non-hydrogen) atoms. The minimum absolute atomic E-state index is 0.0000948. The van der Waals surface area contributed by atoms with Gasteiger partial charge in [-0.15, -0.1) is 11.3 Å². The van der Waals surface area contributed by atoms with Gasteiger partial charge in [-0.1, -0.05) is 0 Å². The van der Waals surface area contributed by atoms with Gasteiger partial charge in [-0.05, 0) is 79.0 Å². The number of nitrogens with zero attached hydrogens (tertiary/aromatic N) is 7. The zero-order valence-corrected chi connectivity index (χ0v) is 35.2. The van der Waals surface area contributed by atoms with Gasteiger partial charge in [-0.25, -0.2) is 18.4 Å². The Morgan fingerprint density at radius 1 is 1.02 bits per heavy atom. The second kappa shape index (κ2) is 15.3. The first-order valence-electron chi connectivity index (χ1n) is 19.7. The lowest BCUT2D eigenvalue weighted by atomic mass is 9.93. The fraction of sp³-hybridized carbons (Fsp3) is 0.561. The molecule has 3 aromatic heterocycles. The molecule has 1 N–H and O–H groups in total. The normalized spacial score (nSPS) is 21.9. The van der Waals surface area contributed by atoms with E-state index in [0.29, 0.717) is 35.4 Å². The predicted molar refractivity (Wildman–Crippen MR) is 216 cm³/mol. The highest BCUT2D eigenvalue weighted by Crippen LogP contribution is 2.48. The number of rotatable bonds is 7. The SMILES string of the molecule is CO[C@@H]1C[C@@H](COc2nc(N3C4CCC3CN(C(=O)OC(C)(C)C)C4)c3c4c(c(-c5ncc(F)c6sc(NC(=O)OC(C)(C)C)c(C#N)c56)c(F)c3n2)COC4)N(C)C1. The van der Waals surface area contributed by atoms with Crippen LogP contribution < -0.4 is 15.0 Å². The average molecular weight is 835 g/mol. The summed E-state index contributed by atoms with van der Waals surface area (Å²) in [6.45, 7) is 12.4. The Bertz CT molecular complexity index is 2380. The van der Waals surface area contributed by atoms with Gasteiger partial charge in [0.05, 0.1) is 46.9 Å². The Balaban J connectivity index is 1.28. The van der Waals surface area contributed by atoms with Gasteiger partial charge in [0.25, 0.3) is 0 Å². The molecule has 0 radical (unpaired) electrons. The summed E-state index contributed by atoms with van der Waals surface area (Å²) in [5, 5.41) is 13.5. The second-order valence-electron chi connectivity index (χ2n) is 17.6. The summed E-state index contributed by atoms with van der Waals surface area (Å²) in [6, 6.07) is 1.73. The van der Waals surface area contributed by atoms with Crippen molar-refractivity contribution in [3.05, 3.63) is 34.5 Å². The van der Waals surface area contributed by atoms with Crippen LogP contribution in [-0.2, 0) is 32.2 Å². The number of amides is 2. The van der Waals surface area contributed by atoms with Crippen LogP contribution in [0.15, 0.2) is 6.20 Å². The molecule has 7 heterocycles. The molecular weight excluding hydrogens is 787 g/mol. The van der Waals surface area contributed by atoms with E-state index in [1.54, 1.807) is 32.8 Å². The number of halogens is 2. The average Bonchev–Trinajstić information content (AvgIpc) is 3.93. The molecule has 4 aromatic rings. The van der Waals surface area contributed by atoms with Crippen LogP contribution in [0.5, 0.6) is 6.01 Å². The Hall–Kier alpha value is -4.96. The Labute approximate surface area is 344 Å². The monoisotopic (exact) mass is 834 g/mol. The summed E-state index contributed by atoms with van der Waals surface area (Å²) in [5.41, 5.74) is -0.547. The summed E-state index contributed by atoms with van der Waals surface area (Å²) in [6.07, 6.45) is 2.05. The largest absolute Gasteiger partial charge is 0.462 e. The molecule has 2 bridgehead atoms. The van der Waals surface area contributed by atoms with Crippen molar-refractivity contribution >= 4 is 55.3 Å². The molecule has 0 aliphatic carbocycles. The number of pyridine rings is 1. The molecule has 0 spiro atoms. The summed E-state index contributed by atoms with van der Waals surface area (Å²) in [5.74, 6) is -1.05. The Kier molecular flexibility index (Phi) is 10.5. The summed E-state index contributed by atoms with van der Waals surface area (Å²) < 4.78 is 62.5. The molecule has 2 unspecified atom stereocenters. The molecule has 4 aliphatic rings. The third-order valence-corrected chi connectivity index (χ3v) is 12.3. The number of nitrogens with one attached hydrogen (secondary N) is 1. The minimum atomic E-state index is -0.839. The van der Waals surface area contributed by atoms with E-state index in [0.717, 1.165) is 43.3 Å². The number of likely N-dealkylation sites (N-methyl/N-ethyl adjacent to an activating group) is 1. The predicted octanol–water partition coefficient (Wildman–Crippen LogP) is 7.12. The van der Waals surface area contributed by atoms with Gasteiger partial charge in [-0.2, -0.15) is 15.2 Å². The number of thiophene rings is 1. The van der Waals surface area contributed by atoms with Crippen molar-refractivity contribution in [3.8, 4) is 23.3 Å². The number of nitriles is 1. The van der Waals surface area contributed by atoms with Crippen molar-refractivity contribution in [2.45, 2.75) is 109 Å². The van der Waals surface area contributed by atoms with Gasteiger partial charge in [0.2, 0.25) is 0 Å². The maximum atomic E-state index is 17.8. The van der Waals surface area contributed by atoms with E-state index in [4.69, 9.17) is 33.7 Å². The van der Waals surface area contributed by atoms with Crippen molar-refractivity contribution in [2.75, 3.05) is 50.6 Å². The number of aromatic nitrogens is 3. The van der Waals surface area contributed by atoms with Crippen molar-refractivity contribution in [2.24, 2.45) is 0 Å². The molecule has 15 nitrogen and oxygen atoms in total. The number of fused-ring (bicyclic) bond motifs is 6. The first-order valence-corrected chi connectivity index (χ1v) is 20.5. The third kappa shape index (κ3) is 7.69. The van der Waals surface area contributed by atoms with E-state index < -0.39 is 35.0 Å². The standard InChI is InChI=1S/C41H48F2N8O7S/c1-40(2,3)57-38(52)48-36-24(12-44)29-32(45-13-27(42)34(29)59-36)28-25-18-55-19-26(25)30-33(31(28)43)46-37(56-17-22-11-23(54-8)16-49(22)7)47-35(30)51-20-9-10-21(51)15-50(14-20)39(53)58-41(4,5)6/h13,20-23H,9-11,14-19H2,1-8H3,(H,48,52)/t20?,21?,22-,23+/m0/s1. The number of hydrogen-bond acceptors (Lipinski definition) is 14. The smallest absolute Gasteiger partial charge is 0.412 e. The summed E-state index contributed by atoms with van der Waals surface area (Å²) in [4.78, 5) is 46.2. The zero-order valence-electron chi connectivity index (χ0n) is 34.4. The number of carbonyl (C=O) groups excluding carboxylic acids is 2.